The Hall–Kier alpha value is -1.40. The van der Waals surface area contributed by atoms with E-state index < -0.39 is 0 Å². The number of ether oxygens (including phenoxy) is 1. The Morgan fingerprint density at radius 2 is 2.22 bits per heavy atom. The Kier molecular flexibility index (Phi) is 4.33. The highest BCUT2D eigenvalue weighted by atomic mass is 79.9. The number of nitrogens with two attached hydrogens (primary N) is 1. The Morgan fingerprint density at radius 3 is 2.94 bits per heavy atom. The molecule has 1 aromatic carbocycles. The van der Waals surface area contributed by atoms with Gasteiger partial charge in [0.25, 0.3) is 5.89 Å². The summed E-state index contributed by atoms with van der Waals surface area (Å²) in [5.74, 6) is 0.982. The van der Waals surface area contributed by atoms with Crippen LogP contribution in [0.4, 0.5) is 5.69 Å². The topological polar surface area (TPSA) is 74.2 Å². The molecule has 2 N–H and O–H groups in total. The first-order valence-corrected chi connectivity index (χ1v) is 6.45. The summed E-state index contributed by atoms with van der Waals surface area (Å²) in [5, 5.41) is 3.86. The fraction of sp³-hybridized carbons (Fsp3) is 0.333. The SMILES string of the molecule is CCCOCc1noc(-c2cc(N)cc(Br)c2)n1. The molecule has 0 amide bonds. The quantitative estimate of drug-likeness (QED) is 0.678. The summed E-state index contributed by atoms with van der Waals surface area (Å²) < 4.78 is 11.4. The molecule has 18 heavy (non-hydrogen) atoms. The first-order valence-electron chi connectivity index (χ1n) is 5.66. The summed E-state index contributed by atoms with van der Waals surface area (Å²) >= 11 is 3.37. The lowest BCUT2D eigenvalue weighted by atomic mass is 10.2. The lowest BCUT2D eigenvalue weighted by Crippen LogP contribution is -1.95. The summed E-state index contributed by atoms with van der Waals surface area (Å²) in [6, 6.07) is 5.47. The van der Waals surface area contributed by atoms with Crippen molar-refractivity contribution in [3.8, 4) is 11.5 Å². The van der Waals surface area contributed by atoms with Crippen molar-refractivity contribution < 1.29 is 9.26 Å². The highest BCUT2D eigenvalue weighted by Crippen LogP contribution is 2.25. The first kappa shape index (κ1) is 13.0. The summed E-state index contributed by atoms with van der Waals surface area (Å²) in [5.41, 5.74) is 7.19. The largest absolute Gasteiger partial charge is 0.399 e. The van der Waals surface area contributed by atoms with Gasteiger partial charge < -0.3 is 15.0 Å². The van der Waals surface area contributed by atoms with Gasteiger partial charge in [-0.1, -0.05) is 28.0 Å². The molecule has 0 saturated carbocycles. The minimum absolute atomic E-state index is 0.362. The normalized spacial score (nSPS) is 10.8. The fourth-order valence-corrected chi connectivity index (χ4v) is 1.98. The number of rotatable bonds is 5. The van der Waals surface area contributed by atoms with Crippen molar-refractivity contribution >= 4 is 21.6 Å². The van der Waals surface area contributed by atoms with Crippen molar-refractivity contribution in [3.05, 3.63) is 28.5 Å². The highest BCUT2D eigenvalue weighted by molar-refractivity contribution is 9.10. The van der Waals surface area contributed by atoms with Crippen LogP contribution >= 0.6 is 15.9 Å². The van der Waals surface area contributed by atoms with E-state index in [1.54, 1.807) is 6.07 Å². The standard InChI is InChI=1S/C12H14BrN3O2/c1-2-3-17-7-11-15-12(18-16-11)8-4-9(13)6-10(14)5-8/h4-6H,2-3,7,14H2,1H3. The van der Waals surface area contributed by atoms with E-state index in [4.69, 9.17) is 15.0 Å². The number of hydrogen-bond donors (Lipinski definition) is 1. The van der Waals surface area contributed by atoms with Crippen molar-refractivity contribution in [3.63, 3.8) is 0 Å². The van der Waals surface area contributed by atoms with E-state index in [0.29, 0.717) is 30.6 Å². The van der Waals surface area contributed by atoms with Gasteiger partial charge in [-0.25, -0.2) is 0 Å². The van der Waals surface area contributed by atoms with Gasteiger partial charge in [0.2, 0.25) is 0 Å². The van der Waals surface area contributed by atoms with E-state index in [9.17, 15) is 0 Å². The van der Waals surface area contributed by atoms with Crippen LogP contribution in [-0.2, 0) is 11.3 Å². The van der Waals surface area contributed by atoms with Crippen LogP contribution in [0.1, 0.15) is 19.2 Å². The van der Waals surface area contributed by atoms with Crippen LogP contribution in [-0.4, -0.2) is 16.7 Å². The Bertz CT molecular complexity index is 508. The Morgan fingerprint density at radius 1 is 1.39 bits per heavy atom. The molecule has 1 aromatic heterocycles. The van der Waals surface area contributed by atoms with E-state index in [0.717, 1.165) is 16.5 Å². The lowest BCUT2D eigenvalue weighted by molar-refractivity contribution is 0.114. The van der Waals surface area contributed by atoms with Crippen LogP contribution in [0.25, 0.3) is 11.5 Å². The van der Waals surface area contributed by atoms with E-state index in [-0.39, 0.29) is 0 Å². The molecule has 0 aliphatic carbocycles. The number of nitrogens with zero attached hydrogens (tertiary/aromatic N) is 2. The molecule has 0 bridgehead atoms. The summed E-state index contributed by atoms with van der Waals surface area (Å²) in [7, 11) is 0. The zero-order chi connectivity index (χ0) is 13.0. The molecular formula is C12H14BrN3O2. The van der Waals surface area contributed by atoms with Crippen molar-refractivity contribution in [2.24, 2.45) is 0 Å². The molecule has 0 unspecified atom stereocenters. The maximum atomic E-state index is 5.76. The Balaban J connectivity index is 2.13. The van der Waals surface area contributed by atoms with Crippen LogP contribution in [0.2, 0.25) is 0 Å². The van der Waals surface area contributed by atoms with Gasteiger partial charge >= 0.3 is 0 Å². The second-order valence-corrected chi connectivity index (χ2v) is 4.76. The smallest absolute Gasteiger partial charge is 0.258 e. The second kappa shape index (κ2) is 5.97. The van der Waals surface area contributed by atoms with Gasteiger partial charge in [-0.15, -0.1) is 0 Å². The molecule has 1 heterocycles. The molecule has 96 valence electrons. The van der Waals surface area contributed by atoms with Gasteiger partial charge in [0.05, 0.1) is 0 Å². The molecule has 0 radical (unpaired) electrons. The predicted octanol–water partition coefficient (Wildman–Crippen LogP) is 3.01. The van der Waals surface area contributed by atoms with Gasteiger partial charge in [-0.05, 0) is 24.6 Å². The summed E-state index contributed by atoms with van der Waals surface area (Å²) in [4.78, 5) is 4.26. The van der Waals surface area contributed by atoms with E-state index >= 15 is 0 Å². The minimum atomic E-state index is 0.362. The number of benzene rings is 1. The van der Waals surface area contributed by atoms with Crippen LogP contribution in [0.3, 0.4) is 0 Å². The molecule has 2 aromatic rings. The predicted molar refractivity (Wildman–Crippen MR) is 71.8 cm³/mol. The minimum Gasteiger partial charge on any atom is -0.399 e. The molecule has 0 aliphatic heterocycles. The van der Waals surface area contributed by atoms with Crippen molar-refractivity contribution in [1.82, 2.24) is 10.1 Å². The maximum absolute atomic E-state index is 5.76. The Labute approximate surface area is 113 Å². The van der Waals surface area contributed by atoms with Crippen molar-refractivity contribution in [2.45, 2.75) is 20.0 Å². The van der Waals surface area contributed by atoms with E-state index in [1.807, 2.05) is 19.1 Å². The van der Waals surface area contributed by atoms with Gasteiger partial charge in [0.15, 0.2) is 5.82 Å². The van der Waals surface area contributed by atoms with Crippen LogP contribution in [0, 0.1) is 0 Å². The lowest BCUT2D eigenvalue weighted by Gasteiger charge is -1.98. The molecule has 2 rings (SSSR count). The fourth-order valence-electron chi connectivity index (χ4n) is 1.47. The molecule has 6 heteroatoms. The molecule has 0 fully saturated rings. The van der Waals surface area contributed by atoms with Crippen LogP contribution < -0.4 is 5.73 Å². The zero-order valence-electron chi connectivity index (χ0n) is 10.0. The molecule has 0 aliphatic rings. The van der Waals surface area contributed by atoms with Crippen LogP contribution in [0.15, 0.2) is 27.2 Å². The summed E-state index contributed by atoms with van der Waals surface area (Å²) in [6.07, 6.45) is 0.965. The molecular weight excluding hydrogens is 298 g/mol. The number of halogens is 1. The van der Waals surface area contributed by atoms with E-state index in [1.165, 1.54) is 0 Å². The highest BCUT2D eigenvalue weighted by Gasteiger charge is 2.10. The number of hydrogen-bond acceptors (Lipinski definition) is 5. The molecule has 5 nitrogen and oxygen atoms in total. The number of aromatic nitrogens is 2. The number of nitrogen functional groups attached to an aromatic ring is 1. The van der Waals surface area contributed by atoms with E-state index in [2.05, 4.69) is 26.1 Å². The third kappa shape index (κ3) is 3.30. The van der Waals surface area contributed by atoms with Crippen molar-refractivity contribution in [2.75, 3.05) is 12.3 Å². The zero-order valence-corrected chi connectivity index (χ0v) is 11.6. The van der Waals surface area contributed by atoms with Gasteiger partial charge in [0, 0.05) is 22.3 Å². The average Bonchev–Trinajstić information content (AvgIpc) is 2.77. The van der Waals surface area contributed by atoms with Crippen molar-refractivity contribution in [1.29, 1.82) is 0 Å². The maximum Gasteiger partial charge on any atom is 0.258 e. The van der Waals surface area contributed by atoms with Gasteiger partial charge in [-0.3, -0.25) is 0 Å². The third-order valence-corrected chi connectivity index (χ3v) is 2.67. The molecule has 0 atom stereocenters. The van der Waals surface area contributed by atoms with Crippen LogP contribution in [0.5, 0.6) is 0 Å². The molecule has 0 saturated heterocycles. The summed E-state index contributed by atoms with van der Waals surface area (Å²) in [6.45, 7) is 3.10. The monoisotopic (exact) mass is 311 g/mol. The van der Waals surface area contributed by atoms with Gasteiger partial charge in [0.1, 0.15) is 6.61 Å². The van der Waals surface area contributed by atoms with Gasteiger partial charge in [-0.2, -0.15) is 4.98 Å². The third-order valence-electron chi connectivity index (χ3n) is 2.21. The average molecular weight is 312 g/mol. The number of anilines is 1. The first-order chi connectivity index (χ1) is 8.69. The second-order valence-electron chi connectivity index (χ2n) is 3.84. The molecule has 0 spiro atoms.